The van der Waals surface area contributed by atoms with Crippen LogP contribution in [0.15, 0.2) is 36.8 Å². The highest BCUT2D eigenvalue weighted by molar-refractivity contribution is 7.89. The van der Waals surface area contributed by atoms with E-state index in [0.717, 1.165) is 0 Å². The van der Waals surface area contributed by atoms with Crippen molar-refractivity contribution in [3.8, 4) is 0 Å². The summed E-state index contributed by atoms with van der Waals surface area (Å²) < 4.78 is 37.9. The molecule has 0 bridgehead atoms. The van der Waals surface area contributed by atoms with Crippen molar-refractivity contribution in [2.45, 2.75) is 32.2 Å². The van der Waals surface area contributed by atoms with Crippen LogP contribution in [-0.4, -0.2) is 40.5 Å². The average Bonchev–Trinajstić information content (AvgIpc) is 3.11. The quantitative estimate of drug-likeness (QED) is 0.647. The number of aryl methyl sites for hydroxylation is 1. The summed E-state index contributed by atoms with van der Waals surface area (Å²) in [6.45, 7) is 5.98. The monoisotopic (exact) mass is 366 g/mol. The van der Waals surface area contributed by atoms with Crippen LogP contribution in [0.2, 0.25) is 0 Å². The lowest BCUT2D eigenvalue weighted by Crippen LogP contribution is -2.30. The number of hydrogen-bond donors (Lipinski definition) is 0. The van der Waals surface area contributed by atoms with Gasteiger partial charge in [0.2, 0.25) is 15.9 Å². The van der Waals surface area contributed by atoms with Crippen molar-refractivity contribution < 1.29 is 17.4 Å². The molecule has 3 aromatic rings. The smallest absolute Gasteiger partial charge is 0.408 e. The lowest BCUT2D eigenvalue weighted by atomic mass is 10.3. The second-order valence-electron chi connectivity index (χ2n) is 5.40. The molecule has 0 radical (unpaired) electrons. The number of rotatable bonds is 6. The summed E-state index contributed by atoms with van der Waals surface area (Å²) in [5.74, 6) is 0.112. The summed E-state index contributed by atoms with van der Waals surface area (Å²) in [6.07, 6.45) is 0. The lowest BCUT2D eigenvalue weighted by Gasteiger charge is -2.18. The first-order valence-electron chi connectivity index (χ1n) is 7.79. The van der Waals surface area contributed by atoms with Crippen LogP contribution in [-0.2, 0) is 16.6 Å². The Balaban J connectivity index is 2.05. The molecule has 0 spiro atoms. The molecule has 9 nitrogen and oxygen atoms in total. The Morgan fingerprint density at radius 3 is 2.56 bits per heavy atom. The summed E-state index contributed by atoms with van der Waals surface area (Å²) in [6, 6.07) is 4.37. The van der Waals surface area contributed by atoms with Gasteiger partial charge in [-0.15, -0.1) is 0 Å². The van der Waals surface area contributed by atoms with E-state index in [1.807, 2.05) is 0 Å². The van der Waals surface area contributed by atoms with Crippen molar-refractivity contribution in [2.24, 2.45) is 0 Å². The number of nitrogens with zero attached hydrogens (tertiary/aromatic N) is 4. The largest absolute Gasteiger partial charge is 0.420 e. The standard InChI is InChI=1S/C15H18N4O5S/c1-4-18(5-2)25(21,22)11-6-7-12-13(8-11)23-15(20)19(12)9-14-16-10(3)24-17-14/h6-8H,4-5,9H2,1-3H3. The fourth-order valence-electron chi connectivity index (χ4n) is 2.62. The van der Waals surface area contributed by atoms with Crippen molar-refractivity contribution in [2.75, 3.05) is 13.1 Å². The van der Waals surface area contributed by atoms with Crippen molar-refractivity contribution in [3.63, 3.8) is 0 Å². The van der Waals surface area contributed by atoms with Crippen molar-refractivity contribution >= 4 is 21.1 Å². The molecule has 0 aliphatic carbocycles. The maximum Gasteiger partial charge on any atom is 0.420 e. The zero-order valence-corrected chi connectivity index (χ0v) is 14.9. The van der Waals surface area contributed by atoms with Gasteiger partial charge in [0.1, 0.15) is 0 Å². The van der Waals surface area contributed by atoms with Gasteiger partial charge in [-0.2, -0.15) is 9.29 Å². The van der Waals surface area contributed by atoms with Gasteiger partial charge >= 0.3 is 5.76 Å². The van der Waals surface area contributed by atoms with E-state index in [2.05, 4.69) is 10.1 Å². The van der Waals surface area contributed by atoms with Crippen LogP contribution in [0, 0.1) is 6.92 Å². The summed E-state index contributed by atoms with van der Waals surface area (Å²) in [7, 11) is -3.63. The van der Waals surface area contributed by atoms with Gasteiger partial charge in [-0.25, -0.2) is 13.2 Å². The first-order chi connectivity index (χ1) is 11.9. The van der Waals surface area contributed by atoms with E-state index >= 15 is 0 Å². The minimum atomic E-state index is -3.63. The van der Waals surface area contributed by atoms with E-state index in [1.54, 1.807) is 26.8 Å². The molecule has 0 aliphatic heterocycles. The molecule has 10 heteroatoms. The lowest BCUT2D eigenvalue weighted by molar-refractivity contribution is 0.385. The van der Waals surface area contributed by atoms with Gasteiger partial charge in [0.15, 0.2) is 11.4 Å². The van der Waals surface area contributed by atoms with Gasteiger partial charge in [-0.1, -0.05) is 19.0 Å². The molecule has 0 atom stereocenters. The minimum Gasteiger partial charge on any atom is -0.408 e. The highest BCUT2D eigenvalue weighted by atomic mass is 32.2. The summed E-state index contributed by atoms with van der Waals surface area (Å²) in [5, 5.41) is 3.75. The molecular formula is C15H18N4O5S. The molecule has 0 fully saturated rings. The van der Waals surface area contributed by atoms with Gasteiger partial charge in [-0.05, 0) is 12.1 Å². The maximum atomic E-state index is 12.6. The molecule has 0 unspecified atom stereocenters. The van der Waals surface area contributed by atoms with Crippen molar-refractivity contribution in [1.82, 2.24) is 19.0 Å². The summed E-state index contributed by atoms with van der Waals surface area (Å²) >= 11 is 0. The Morgan fingerprint density at radius 2 is 1.96 bits per heavy atom. The molecular weight excluding hydrogens is 348 g/mol. The Morgan fingerprint density at radius 1 is 1.24 bits per heavy atom. The Hall–Kier alpha value is -2.46. The van der Waals surface area contributed by atoms with Crippen molar-refractivity contribution in [3.05, 3.63) is 40.5 Å². The molecule has 2 aromatic heterocycles. The first-order valence-corrected chi connectivity index (χ1v) is 9.23. The highest BCUT2D eigenvalue weighted by Crippen LogP contribution is 2.22. The molecule has 0 N–H and O–H groups in total. The molecule has 1 aromatic carbocycles. The normalized spacial score (nSPS) is 12.3. The van der Waals surface area contributed by atoms with Gasteiger partial charge in [-0.3, -0.25) is 4.57 Å². The maximum absolute atomic E-state index is 12.6. The second-order valence-corrected chi connectivity index (χ2v) is 7.34. The number of hydrogen-bond acceptors (Lipinski definition) is 7. The van der Waals surface area contributed by atoms with Gasteiger partial charge in [0.25, 0.3) is 0 Å². The fraction of sp³-hybridized carbons (Fsp3) is 0.400. The van der Waals surface area contributed by atoms with E-state index in [4.69, 9.17) is 8.94 Å². The highest BCUT2D eigenvalue weighted by Gasteiger charge is 2.23. The number of aromatic nitrogens is 3. The number of oxazole rings is 1. The average molecular weight is 366 g/mol. The van der Waals surface area contributed by atoms with Crippen LogP contribution in [0.3, 0.4) is 0 Å². The van der Waals surface area contributed by atoms with Gasteiger partial charge in [0.05, 0.1) is 17.0 Å². The zero-order chi connectivity index (χ0) is 18.2. The molecule has 0 amide bonds. The molecule has 3 rings (SSSR count). The third kappa shape index (κ3) is 3.10. The molecule has 2 heterocycles. The van der Waals surface area contributed by atoms with Gasteiger partial charge in [0, 0.05) is 26.1 Å². The topological polar surface area (TPSA) is 111 Å². The number of fused-ring (bicyclic) bond motifs is 1. The van der Waals surface area contributed by atoms with Crippen LogP contribution in [0.5, 0.6) is 0 Å². The van der Waals surface area contributed by atoms with Gasteiger partial charge < -0.3 is 8.94 Å². The molecule has 134 valence electrons. The second kappa shape index (κ2) is 6.45. The van der Waals surface area contributed by atoms with E-state index in [9.17, 15) is 13.2 Å². The van der Waals surface area contributed by atoms with E-state index in [0.29, 0.717) is 30.3 Å². The minimum absolute atomic E-state index is 0.0747. The molecule has 0 aliphatic rings. The predicted molar refractivity (Wildman–Crippen MR) is 88.7 cm³/mol. The molecule has 25 heavy (non-hydrogen) atoms. The third-order valence-electron chi connectivity index (χ3n) is 3.85. The summed E-state index contributed by atoms with van der Waals surface area (Å²) in [5.41, 5.74) is 0.657. The van der Waals surface area contributed by atoms with Crippen LogP contribution < -0.4 is 5.76 Å². The van der Waals surface area contributed by atoms with E-state index < -0.39 is 15.8 Å². The Labute approximate surface area is 143 Å². The predicted octanol–water partition coefficient (Wildman–Crippen LogP) is 1.36. The fourth-order valence-corrected chi connectivity index (χ4v) is 4.09. The zero-order valence-electron chi connectivity index (χ0n) is 14.1. The van der Waals surface area contributed by atoms with Crippen LogP contribution >= 0.6 is 0 Å². The van der Waals surface area contributed by atoms with E-state index in [1.165, 1.54) is 21.0 Å². The Kier molecular flexibility index (Phi) is 4.48. The third-order valence-corrected chi connectivity index (χ3v) is 5.90. The van der Waals surface area contributed by atoms with Crippen molar-refractivity contribution in [1.29, 1.82) is 0 Å². The van der Waals surface area contributed by atoms with Crippen LogP contribution in [0.25, 0.3) is 11.1 Å². The number of benzene rings is 1. The van der Waals surface area contributed by atoms with E-state index in [-0.39, 0.29) is 17.0 Å². The SMILES string of the molecule is CCN(CC)S(=O)(=O)c1ccc2c(c1)oc(=O)n2Cc1noc(C)n1. The number of sulfonamides is 1. The van der Waals surface area contributed by atoms with Crippen LogP contribution in [0.4, 0.5) is 0 Å². The summed E-state index contributed by atoms with van der Waals surface area (Å²) in [4.78, 5) is 16.2. The molecule has 0 saturated heterocycles. The van der Waals surface area contributed by atoms with Crippen LogP contribution in [0.1, 0.15) is 25.6 Å². The molecule has 0 saturated carbocycles. The first kappa shape index (κ1) is 17.4. The Bertz CT molecular complexity index is 1060.